The molecule has 2 N–H and O–H groups in total. The van der Waals surface area contributed by atoms with Gasteiger partial charge in [0.1, 0.15) is 5.82 Å². The normalized spacial score (nSPS) is 11.0. The molecule has 1 aromatic heterocycles. The van der Waals surface area contributed by atoms with E-state index in [9.17, 15) is 4.79 Å². The number of thioether (sulfide) groups is 1. The minimum absolute atomic E-state index is 0.0708. The quantitative estimate of drug-likeness (QED) is 0.639. The fourth-order valence-electron chi connectivity index (χ4n) is 2.45. The molecule has 0 saturated carbocycles. The number of rotatable bonds is 6. The second-order valence-electron chi connectivity index (χ2n) is 5.85. The number of aryl methyl sites for hydroxylation is 2. The summed E-state index contributed by atoms with van der Waals surface area (Å²) < 4.78 is 0. The number of amides is 1. The van der Waals surface area contributed by atoms with Gasteiger partial charge in [0, 0.05) is 5.69 Å². The first kappa shape index (κ1) is 17.9. The first-order chi connectivity index (χ1) is 12.6. The molecule has 0 aliphatic carbocycles. The SMILES string of the molecule is Cc1cccc(C)c1NC(=O)CSc1n[nH]c(/C=C/c2ccccc2)n1. The number of para-hydroxylation sites is 1. The van der Waals surface area contributed by atoms with Crippen LogP contribution in [0.3, 0.4) is 0 Å². The molecule has 2 aromatic carbocycles. The zero-order chi connectivity index (χ0) is 18.4. The summed E-state index contributed by atoms with van der Waals surface area (Å²) in [5.74, 6) is 0.845. The van der Waals surface area contributed by atoms with Crippen molar-refractivity contribution in [1.29, 1.82) is 0 Å². The maximum Gasteiger partial charge on any atom is 0.234 e. The van der Waals surface area contributed by atoms with E-state index in [-0.39, 0.29) is 11.7 Å². The molecule has 1 amide bonds. The summed E-state index contributed by atoms with van der Waals surface area (Å²) in [6.45, 7) is 3.97. The molecule has 132 valence electrons. The number of aromatic nitrogens is 3. The Morgan fingerprint density at radius 3 is 2.54 bits per heavy atom. The summed E-state index contributed by atoms with van der Waals surface area (Å²) in [7, 11) is 0. The smallest absolute Gasteiger partial charge is 0.234 e. The van der Waals surface area contributed by atoms with Gasteiger partial charge in [-0.05, 0) is 36.6 Å². The summed E-state index contributed by atoms with van der Waals surface area (Å²) in [5.41, 5.74) is 4.06. The van der Waals surface area contributed by atoms with E-state index in [1.807, 2.05) is 74.5 Å². The standard InChI is InChI=1S/C20H20N4OS/c1-14-7-6-8-15(2)19(14)22-18(25)13-26-20-21-17(23-24-20)12-11-16-9-4-3-5-10-16/h3-12H,13H2,1-2H3,(H,22,25)(H,21,23,24)/b12-11+. The summed E-state index contributed by atoms with van der Waals surface area (Å²) >= 11 is 1.30. The average molecular weight is 364 g/mol. The predicted octanol–water partition coefficient (Wildman–Crippen LogP) is 4.32. The molecule has 0 bridgehead atoms. The largest absolute Gasteiger partial charge is 0.325 e. The van der Waals surface area contributed by atoms with Crippen molar-refractivity contribution in [3.05, 3.63) is 71.0 Å². The Hall–Kier alpha value is -2.86. The van der Waals surface area contributed by atoms with E-state index in [1.165, 1.54) is 11.8 Å². The van der Waals surface area contributed by atoms with Crippen molar-refractivity contribution in [1.82, 2.24) is 15.2 Å². The van der Waals surface area contributed by atoms with Gasteiger partial charge < -0.3 is 5.32 Å². The molecule has 3 rings (SSSR count). The van der Waals surface area contributed by atoms with E-state index in [1.54, 1.807) is 0 Å². The number of nitrogens with one attached hydrogen (secondary N) is 2. The highest BCUT2D eigenvalue weighted by molar-refractivity contribution is 7.99. The molecule has 3 aromatic rings. The molecule has 0 aliphatic rings. The minimum Gasteiger partial charge on any atom is -0.325 e. The van der Waals surface area contributed by atoms with E-state index in [2.05, 4.69) is 20.5 Å². The molecular weight excluding hydrogens is 344 g/mol. The van der Waals surface area contributed by atoms with Crippen LogP contribution in [0.2, 0.25) is 0 Å². The fourth-order valence-corrected chi connectivity index (χ4v) is 3.06. The highest BCUT2D eigenvalue weighted by Crippen LogP contribution is 2.20. The molecule has 5 nitrogen and oxygen atoms in total. The van der Waals surface area contributed by atoms with Crippen LogP contribution >= 0.6 is 11.8 Å². The maximum absolute atomic E-state index is 12.2. The van der Waals surface area contributed by atoms with Crippen LogP contribution in [-0.4, -0.2) is 26.8 Å². The predicted molar refractivity (Wildman–Crippen MR) is 107 cm³/mol. The highest BCUT2D eigenvalue weighted by Gasteiger charge is 2.09. The zero-order valence-electron chi connectivity index (χ0n) is 14.7. The van der Waals surface area contributed by atoms with Crippen LogP contribution in [0, 0.1) is 13.8 Å². The molecule has 1 heterocycles. The Labute approximate surface area is 156 Å². The lowest BCUT2D eigenvalue weighted by molar-refractivity contribution is -0.113. The summed E-state index contributed by atoms with van der Waals surface area (Å²) in [4.78, 5) is 16.6. The average Bonchev–Trinajstić information content (AvgIpc) is 3.10. The van der Waals surface area contributed by atoms with Gasteiger partial charge in [-0.15, -0.1) is 5.10 Å². The number of benzene rings is 2. The van der Waals surface area contributed by atoms with Crippen molar-refractivity contribution in [2.45, 2.75) is 19.0 Å². The van der Waals surface area contributed by atoms with Gasteiger partial charge in [0.05, 0.1) is 5.75 Å². The van der Waals surface area contributed by atoms with Crippen LogP contribution in [0.1, 0.15) is 22.5 Å². The van der Waals surface area contributed by atoms with Gasteiger partial charge in [-0.3, -0.25) is 9.89 Å². The second-order valence-corrected chi connectivity index (χ2v) is 6.79. The van der Waals surface area contributed by atoms with Gasteiger partial charge in [0.25, 0.3) is 0 Å². The summed E-state index contributed by atoms with van der Waals surface area (Å²) in [6, 6.07) is 15.9. The highest BCUT2D eigenvalue weighted by atomic mass is 32.2. The summed E-state index contributed by atoms with van der Waals surface area (Å²) in [6.07, 6.45) is 3.83. The number of aromatic amines is 1. The van der Waals surface area contributed by atoms with Crippen molar-refractivity contribution in [3.8, 4) is 0 Å². The van der Waals surface area contributed by atoms with E-state index >= 15 is 0 Å². The Morgan fingerprint density at radius 2 is 1.81 bits per heavy atom. The van der Waals surface area contributed by atoms with Crippen molar-refractivity contribution in [2.75, 3.05) is 11.1 Å². The molecule has 26 heavy (non-hydrogen) atoms. The van der Waals surface area contributed by atoms with Crippen LogP contribution < -0.4 is 5.32 Å². The zero-order valence-corrected chi connectivity index (χ0v) is 15.5. The van der Waals surface area contributed by atoms with Crippen molar-refractivity contribution in [3.63, 3.8) is 0 Å². The molecule has 0 radical (unpaired) electrons. The molecule has 0 atom stereocenters. The Bertz CT molecular complexity index is 898. The van der Waals surface area contributed by atoms with Crippen molar-refractivity contribution >= 4 is 35.5 Å². The van der Waals surface area contributed by atoms with Gasteiger partial charge in [0.15, 0.2) is 0 Å². The number of hydrogen-bond acceptors (Lipinski definition) is 4. The van der Waals surface area contributed by atoms with E-state index in [0.717, 1.165) is 22.4 Å². The van der Waals surface area contributed by atoms with E-state index < -0.39 is 0 Å². The molecule has 6 heteroatoms. The van der Waals surface area contributed by atoms with Crippen LogP contribution in [0.5, 0.6) is 0 Å². The topological polar surface area (TPSA) is 70.7 Å². The van der Waals surface area contributed by atoms with Gasteiger partial charge >= 0.3 is 0 Å². The first-order valence-corrected chi connectivity index (χ1v) is 9.25. The van der Waals surface area contributed by atoms with Crippen LogP contribution in [0.25, 0.3) is 12.2 Å². The Kier molecular flexibility index (Phi) is 5.86. The fraction of sp³-hybridized carbons (Fsp3) is 0.150. The van der Waals surface area contributed by atoms with Gasteiger partial charge in [-0.2, -0.15) is 0 Å². The number of nitrogens with zero attached hydrogens (tertiary/aromatic N) is 2. The van der Waals surface area contributed by atoms with Crippen LogP contribution in [0.4, 0.5) is 5.69 Å². The van der Waals surface area contributed by atoms with Crippen molar-refractivity contribution < 1.29 is 4.79 Å². The molecule has 0 spiro atoms. The first-order valence-electron chi connectivity index (χ1n) is 8.26. The lowest BCUT2D eigenvalue weighted by Gasteiger charge is -2.10. The minimum atomic E-state index is -0.0708. The molecule has 0 saturated heterocycles. The number of anilines is 1. The van der Waals surface area contributed by atoms with E-state index in [0.29, 0.717) is 11.0 Å². The summed E-state index contributed by atoms with van der Waals surface area (Å²) in [5, 5.41) is 10.5. The third kappa shape index (κ3) is 4.83. The molecular formula is C20H20N4OS. The van der Waals surface area contributed by atoms with Crippen molar-refractivity contribution in [2.24, 2.45) is 0 Å². The van der Waals surface area contributed by atoms with Gasteiger partial charge in [-0.1, -0.05) is 66.4 Å². The molecule has 0 aliphatic heterocycles. The number of hydrogen-bond donors (Lipinski definition) is 2. The number of carbonyl (C=O) groups excluding carboxylic acids is 1. The van der Waals surface area contributed by atoms with E-state index in [4.69, 9.17) is 0 Å². The monoisotopic (exact) mass is 364 g/mol. The maximum atomic E-state index is 12.2. The third-order valence-electron chi connectivity index (χ3n) is 3.79. The lowest BCUT2D eigenvalue weighted by atomic mass is 10.1. The molecule has 0 unspecified atom stereocenters. The third-order valence-corrected chi connectivity index (χ3v) is 4.64. The molecule has 0 fully saturated rings. The Morgan fingerprint density at radius 1 is 1.08 bits per heavy atom. The van der Waals surface area contributed by atoms with Crippen LogP contribution in [0.15, 0.2) is 53.7 Å². The number of H-pyrrole nitrogens is 1. The second kappa shape index (κ2) is 8.49. The lowest BCUT2D eigenvalue weighted by Crippen LogP contribution is -2.15. The van der Waals surface area contributed by atoms with Crippen LogP contribution in [-0.2, 0) is 4.79 Å². The number of carbonyl (C=O) groups is 1. The Balaban J connectivity index is 1.55. The van der Waals surface area contributed by atoms with Gasteiger partial charge in [-0.25, -0.2) is 4.98 Å². The van der Waals surface area contributed by atoms with Gasteiger partial charge in [0.2, 0.25) is 11.1 Å².